The summed E-state index contributed by atoms with van der Waals surface area (Å²) < 4.78 is 29.1. The van der Waals surface area contributed by atoms with Crippen LogP contribution in [0.15, 0.2) is 29.8 Å². The van der Waals surface area contributed by atoms with Gasteiger partial charge in [-0.2, -0.15) is 0 Å². The Morgan fingerprint density at radius 3 is 2.08 bits per heavy atom. The lowest BCUT2D eigenvalue weighted by atomic mass is 9.97. The molecule has 1 aliphatic heterocycles. The summed E-state index contributed by atoms with van der Waals surface area (Å²) in [4.78, 5) is 17.6. The van der Waals surface area contributed by atoms with Gasteiger partial charge in [-0.15, -0.1) is 0 Å². The Balaban J connectivity index is 1.99. The Kier molecular flexibility index (Phi) is 9.84. The first-order chi connectivity index (χ1) is 17.3. The Labute approximate surface area is 214 Å². The molecule has 0 spiro atoms. The van der Waals surface area contributed by atoms with Crippen molar-refractivity contribution in [1.82, 2.24) is 9.80 Å². The molecule has 0 N–H and O–H groups in total. The van der Waals surface area contributed by atoms with Gasteiger partial charge in [-0.25, -0.2) is 0 Å². The molecule has 0 aromatic heterocycles. The molecule has 198 valence electrons. The van der Waals surface area contributed by atoms with Crippen molar-refractivity contribution in [2.45, 2.75) is 32.8 Å². The molecule has 0 radical (unpaired) electrons. The minimum absolute atomic E-state index is 0.236. The van der Waals surface area contributed by atoms with Crippen LogP contribution in [0, 0.1) is 0 Å². The standard InChI is InChI=1S/C28H40N2O6/c1-19(2)8-9-21(36-25(31)12-13-30-16-14-29(3)15-17-30)20-18-24(34-6)26-22(32-4)10-11-23(33-5)27(26)28(20)35-7/h8,10-11,18,21H,9,12-17H2,1-7H3/t21-/m0/s1. The van der Waals surface area contributed by atoms with Crippen LogP contribution in [0.25, 0.3) is 10.8 Å². The van der Waals surface area contributed by atoms with Gasteiger partial charge in [-0.05, 0) is 39.1 Å². The van der Waals surface area contributed by atoms with E-state index in [4.69, 9.17) is 23.7 Å². The number of benzene rings is 2. The van der Waals surface area contributed by atoms with E-state index in [0.29, 0.717) is 47.8 Å². The molecule has 36 heavy (non-hydrogen) atoms. The normalized spacial score (nSPS) is 15.3. The molecule has 8 nitrogen and oxygen atoms in total. The zero-order valence-corrected chi connectivity index (χ0v) is 22.7. The van der Waals surface area contributed by atoms with Gasteiger partial charge in [0.15, 0.2) is 0 Å². The molecule has 1 fully saturated rings. The van der Waals surface area contributed by atoms with Crippen LogP contribution < -0.4 is 18.9 Å². The Morgan fingerprint density at radius 1 is 0.917 bits per heavy atom. The summed E-state index contributed by atoms with van der Waals surface area (Å²) in [6.07, 6.45) is 2.36. The molecule has 0 amide bonds. The van der Waals surface area contributed by atoms with Crippen molar-refractivity contribution < 1.29 is 28.5 Å². The zero-order chi connectivity index (χ0) is 26.2. The van der Waals surface area contributed by atoms with E-state index >= 15 is 0 Å². The number of allylic oxidation sites excluding steroid dienone is 1. The lowest BCUT2D eigenvalue weighted by Gasteiger charge is -2.32. The number of hydrogen-bond donors (Lipinski definition) is 0. The summed E-state index contributed by atoms with van der Waals surface area (Å²) in [6.45, 7) is 8.68. The van der Waals surface area contributed by atoms with Gasteiger partial charge in [0.1, 0.15) is 29.1 Å². The number of rotatable bonds is 11. The van der Waals surface area contributed by atoms with Crippen molar-refractivity contribution in [3.05, 3.63) is 35.4 Å². The van der Waals surface area contributed by atoms with Gasteiger partial charge in [0, 0.05) is 44.7 Å². The molecule has 0 aliphatic carbocycles. The SMILES string of the molecule is COc1ccc(OC)c2c(OC)c([C@H](CC=C(C)C)OC(=O)CCN3CCN(C)CC3)cc(OC)c12. The molecule has 2 aromatic rings. The van der Waals surface area contributed by atoms with Crippen molar-refractivity contribution in [1.29, 1.82) is 0 Å². The van der Waals surface area contributed by atoms with Crippen LogP contribution in [0.5, 0.6) is 23.0 Å². The molecular weight excluding hydrogens is 460 g/mol. The average molecular weight is 501 g/mol. The Morgan fingerprint density at radius 2 is 1.53 bits per heavy atom. The summed E-state index contributed by atoms with van der Waals surface area (Å²) >= 11 is 0. The van der Waals surface area contributed by atoms with Crippen molar-refractivity contribution >= 4 is 16.7 Å². The number of likely N-dealkylation sites (N-methyl/N-ethyl adjacent to an activating group) is 1. The van der Waals surface area contributed by atoms with E-state index in [0.717, 1.165) is 42.7 Å². The third kappa shape index (κ3) is 6.42. The van der Waals surface area contributed by atoms with Gasteiger partial charge in [0.25, 0.3) is 0 Å². The molecule has 1 heterocycles. The first-order valence-corrected chi connectivity index (χ1v) is 12.4. The molecule has 3 rings (SSSR count). The van der Waals surface area contributed by atoms with Crippen LogP contribution in [0.4, 0.5) is 0 Å². The van der Waals surface area contributed by atoms with Crippen LogP contribution in [0.1, 0.15) is 38.4 Å². The molecule has 2 aromatic carbocycles. The van der Waals surface area contributed by atoms with Gasteiger partial charge in [0.05, 0.1) is 45.6 Å². The molecule has 0 saturated carbocycles. The highest BCUT2D eigenvalue weighted by molar-refractivity contribution is 6.03. The second-order valence-electron chi connectivity index (χ2n) is 9.31. The van der Waals surface area contributed by atoms with E-state index in [1.54, 1.807) is 28.4 Å². The third-order valence-corrected chi connectivity index (χ3v) is 6.60. The summed E-state index contributed by atoms with van der Waals surface area (Å²) in [5.74, 6) is 2.18. The molecule has 1 saturated heterocycles. The predicted molar refractivity (Wildman–Crippen MR) is 142 cm³/mol. The van der Waals surface area contributed by atoms with Gasteiger partial charge < -0.3 is 33.5 Å². The average Bonchev–Trinajstić information content (AvgIpc) is 2.88. The summed E-state index contributed by atoms with van der Waals surface area (Å²) in [5.41, 5.74) is 1.86. The van der Waals surface area contributed by atoms with E-state index in [1.165, 1.54) is 0 Å². The monoisotopic (exact) mass is 500 g/mol. The first-order valence-electron chi connectivity index (χ1n) is 12.4. The fraction of sp³-hybridized carbons (Fsp3) is 0.536. The number of hydrogen-bond acceptors (Lipinski definition) is 8. The van der Waals surface area contributed by atoms with Crippen molar-refractivity contribution in [2.75, 3.05) is 68.2 Å². The van der Waals surface area contributed by atoms with Gasteiger partial charge in [-0.3, -0.25) is 4.79 Å². The van der Waals surface area contributed by atoms with Gasteiger partial charge >= 0.3 is 5.97 Å². The van der Waals surface area contributed by atoms with E-state index < -0.39 is 6.10 Å². The number of nitrogens with zero attached hydrogens (tertiary/aromatic N) is 2. The quantitative estimate of drug-likeness (QED) is 0.331. The van der Waals surface area contributed by atoms with Gasteiger partial charge in [-0.1, -0.05) is 11.6 Å². The number of piperazine rings is 1. The predicted octanol–water partition coefficient (Wildman–Crippen LogP) is 4.45. The maximum atomic E-state index is 13.0. The number of methoxy groups -OCH3 is 4. The summed E-state index contributed by atoms with van der Waals surface area (Å²) in [5, 5.41) is 1.45. The molecule has 1 atom stereocenters. The highest BCUT2D eigenvalue weighted by atomic mass is 16.5. The Bertz CT molecular complexity index is 1070. The minimum Gasteiger partial charge on any atom is -0.496 e. The Hall–Kier alpha value is -2.97. The molecule has 0 bridgehead atoms. The van der Waals surface area contributed by atoms with Crippen LogP contribution in [-0.2, 0) is 9.53 Å². The highest BCUT2D eigenvalue weighted by Gasteiger charge is 2.27. The van der Waals surface area contributed by atoms with Gasteiger partial charge in [0.2, 0.25) is 0 Å². The molecular formula is C28H40N2O6. The molecule has 8 heteroatoms. The van der Waals surface area contributed by atoms with Crippen LogP contribution >= 0.6 is 0 Å². The van der Waals surface area contributed by atoms with Crippen LogP contribution in [0.3, 0.4) is 0 Å². The number of fused-ring (bicyclic) bond motifs is 1. The minimum atomic E-state index is -0.552. The summed E-state index contributed by atoms with van der Waals surface area (Å²) in [7, 11) is 8.56. The van der Waals surface area contributed by atoms with E-state index in [-0.39, 0.29) is 5.97 Å². The summed E-state index contributed by atoms with van der Waals surface area (Å²) in [6, 6.07) is 5.54. The zero-order valence-electron chi connectivity index (χ0n) is 22.7. The van der Waals surface area contributed by atoms with Crippen molar-refractivity contribution in [2.24, 2.45) is 0 Å². The lowest BCUT2D eigenvalue weighted by molar-refractivity contribution is -0.149. The van der Waals surface area contributed by atoms with Crippen molar-refractivity contribution in [3.8, 4) is 23.0 Å². The van der Waals surface area contributed by atoms with E-state index in [1.807, 2.05) is 32.0 Å². The van der Waals surface area contributed by atoms with Crippen LogP contribution in [-0.4, -0.2) is 84.0 Å². The second kappa shape index (κ2) is 12.8. The van der Waals surface area contributed by atoms with Crippen LogP contribution in [0.2, 0.25) is 0 Å². The maximum Gasteiger partial charge on any atom is 0.307 e. The number of carbonyl (C=O) groups is 1. The number of carbonyl (C=O) groups excluding carboxylic acids is 1. The largest absolute Gasteiger partial charge is 0.496 e. The van der Waals surface area contributed by atoms with E-state index in [2.05, 4.69) is 22.9 Å². The molecule has 1 aliphatic rings. The smallest absolute Gasteiger partial charge is 0.307 e. The maximum absolute atomic E-state index is 13.0. The topological polar surface area (TPSA) is 69.7 Å². The fourth-order valence-electron chi connectivity index (χ4n) is 4.54. The highest BCUT2D eigenvalue weighted by Crippen LogP contribution is 2.48. The second-order valence-corrected chi connectivity index (χ2v) is 9.31. The van der Waals surface area contributed by atoms with E-state index in [9.17, 15) is 4.79 Å². The first kappa shape index (κ1) is 27.6. The molecule has 0 unspecified atom stereocenters. The lowest BCUT2D eigenvalue weighted by Crippen LogP contribution is -2.45. The number of ether oxygens (including phenoxy) is 5. The fourth-order valence-corrected chi connectivity index (χ4v) is 4.54. The number of esters is 1. The van der Waals surface area contributed by atoms with Crippen molar-refractivity contribution in [3.63, 3.8) is 0 Å². The third-order valence-electron chi connectivity index (χ3n) is 6.60.